The Kier molecular flexibility index (Phi) is 9.75. The molecule has 5 rings (SSSR count). The predicted octanol–water partition coefficient (Wildman–Crippen LogP) is 7.61. The molecule has 1 amide bonds. The van der Waals surface area contributed by atoms with Gasteiger partial charge < -0.3 is 19.6 Å². The standard InChI is InChI=1S/C38H42FN3O4/c1-25-33(22-34(43)44)36(41-20-18-38(3,4)19-21-41)35(26(2)40-25)29-10-6-27(7-11-29)23-42(24-28-8-14-31(39)15-9-28)37(45)30-12-16-32(46-5)17-13-30/h6-17H,18-24H2,1-5H3,(H,43,44). The van der Waals surface area contributed by atoms with Crippen LogP contribution in [0, 0.1) is 25.1 Å². The van der Waals surface area contributed by atoms with Crippen molar-refractivity contribution in [3.05, 3.63) is 112 Å². The number of ether oxygens (including phenoxy) is 1. The first-order valence-corrected chi connectivity index (χ1v) is 15.7. The van der Waals surface area contributed by atoms with Crippen LogP contribution in [0.3, 0.4) is 0 Å². The maximum absolute atomic E-state index is 13.7. The van der Waals surface area contributed by atoms with Crippen LogP contribution in [0.25, 0.3) is 11.1 Å². The lowest BCUT2D eigenvalue weighted by Gasteiger charge is -2.40. The van der Waals surface area contributed by atoms with Crippen LogP contribution >= 0.6 is 0 Å². The summed E-state index contributed by atoms with van der Waals surface area (Å²) < 4.78 is 18.9. The van der Waals surface area contributed by atoms with Gasteiger partial charge in [0.05, 0.1) is 19.2 Å². The van der Waals surface area contributed by atoms with Gasteiger partial charge in [0.1, 0.15) is 11.6 Å². The second kappa shape index (κ2) is 13.7. The van der Waals surface area contributed by atoms with Crippen molar-refractivity contribution in [2.24, 2.45) is 5.41 Å². The number of anilines is 1. The SMILES string of the molecule is COc1ccc(C(=O)N(Cc2ccc(F)cc2)Cc2ccc(-c3c(C)nc(C)c(CC(=O)O)c3N3CCC(C)(C)CC3)cc2)cc1. The Balaban J connectivity index is 1.48. The highest BCUT2D eigenvalue weighted by Crippen LogP contribution is 2.41. The number of pyridine rings is 1. The van der Waals surface area contributed by atoms with Crippen molar-refractivity contribution in [3.8, 4) is 16.9 Å². The smallest absolute Gasteiger partial charge is 0.307 e. The molecule has 2 heterocycles. The Hall–Kier alpha value is -4.72. The van der Waals surface area contributed by atoms with Crippen LogP contribution in [0.15, 0.2) is 72.8 Å². The molecule has 46 heavy (non-hydrogen) atoms. The predicted molar refractivity (Wildman–Crippen MR) is 179 cm³/mol. The average Bonchev–Trinajstić information content (AvgIpc) is 3.03. The molecule has 1 aliphatic rings. The number of rotatable bonds is 10. The van der Waals surface area contributed by atoms with Crippen LogP contribution in [0.5, 0.6) is 5.75 Å². The molecule has 0 saturated carbocycles. The normalized spacial score (nSPS) is 14.2. The van der Waals surface area contributed by atoms with Crippen LogP contribution in [-0.4, -0.2) is 47.1 Å². The molecule has 1 aromatic heterocycles. The first kappa shape index (κ1) is 32.7. The van der Waals surface area contributed by atoms with Crippen molar-refractivity contribution in [1.82, 2.24) is 9.88 Å². The van der Waals surface area contributed by atoms with Crippen molar-refractivity contribution in [2.45, 2.75) is 60.0 Å². The van der Waals surface area contributed by atoms with E-state index in [4.69, 9.17) is 9.72 Å². The van der Waals surface area contributed by atoms with Gasteiger partial charge in [-0.05, 0) is 85.2 Å². The van der Waals surface area contributed by atoms with Crippen LogP contribution in [0.4, 0.5) is 10.1 Å². The molecule has 7 nitrogen and oxygen atoms in total. The topological polar surface area (TPSA) is 83.0 Å². The van der Waals surface area contributed by atoms with Crippen molar-refractivity contribution in [1.29, 1.82) is 0 Å². The number of halogens is 1. The minimum absolute atomic E-state index is 0.0920. The molecule has 4 aromatic rings. The molecule has 0 aliphatic carbocycles. The minimum Gasteiger partial charge on any atom is -0.497 e. The molecule has 1 fully saturated rings. The fourth-order valence-corrected chi connectivity index (χ4v) is 6.18. The number of methoxy groups -OCH3 is 1. The molecule has 0 spiro atoms. The van der Waals surface area contributed by atoms with E-state index in [2.05, 4.69) is 18.7 Å². The summed E-state index contributed by atoms with van der Waals surface area (Å²) in [4.78, 5) is 34.6. The lowest BCUT2D eigenvalue weighted by atomic mass is 9.82. The summed E-state index contributed by atoms with van der Waals surface area (Å²) in [6, 6.07) is 21.3. The van der Waals surface area contributed by atoms with E-state index in [9.17, 15) is 19.1 Å². The van der Waals surface area contributed by atoms with Crippen molar-refractivity contribution in [2.75, 3.05) is 25.1 Å². The van der Waals surface area contributed by atoms with Crippen LogP contribution in [0.2, 0.25) is 0 Å². The number of piperidine rings is 1. The average molecular weight is 624 g/mol. The Morgan fingerprint density at radius 1 is 0.891 bits per heavy atom. The van der Waals surface area contributed by atoms with E-state index in [0.717, 1.165) is 70.8 Å². The van der Waals surface area contributed by atoms with E-state index in [1.807, 2.05) is 38.1 Å². The lowest BCUT2D eigenvalue weighted by molar-refractivity contribution is -0.136. The first-order chi connectivity index (χ1) is 21.9. The molecule has 0 atom stereocenters. The second-order valence-electron chi connectivity index (χ2n) is 12.9. The van der Waals surface area contributed by atoms with E-state index in [0.29, 0.717) is 24.4 Å². The van der Waals surface area contributed by atoms with Crippen LogP contribution in [-0.2, 0) is 24.3 Å². The zero-order valence-corrected chi connectivity index (χ0v) is 27.3. The third kappa shape index (κ3) is 7.56. The molecule has 1 N–H and O–H groups in total. The number of aromatic nitrogens is 1. The third-order valence-corrected chi connectivity index (χ3v) is 8.94. The van der Waals surface area contributed by atoms with E-state index < -0.39 is 5.97 Å². The molecule has 0 unspecified atom stereocenters. The summed E-state index contributed by atoms with van der Waals surface area (Å²) in [6.07, 6.45) is 1.94. The maximum Gasteiger partial charge on any atom is 0.307 e. The zero-order valence-electron chi connectivity index (χ0n) is 27.3. The maximum atomic E-state index is 13.7. The van der Waals surface area contributed by atoms with E-state index in [1.165, 1.54) is 12.1 Å². The highest BCUT2D eigenvalue weighted by molar-refractivity contribution is 5.94. The summed E-state index contributed by atoms with van der Waals surface area (Å²) in [5, 5.41) is 9.82. The van der Waals surface area contributed by atoms with Crippen molar-refractivity contribution < 1.29 is 23.8 Å². The number of carboxylic acid groups (broad SMARTS) is 1. The summed E-state index contributed by atoms with van der Waals surface area (Å²) in [6.45, 7) is 10.8. The number of carbonyl (C=O) groups is 2. The number of carbonyl (C=O) groups excluding carboxylic acids is 1. The highest BCUT2D eigenvalue weighted by Gasteiger charge is 2.30. The number of hydrogen-bond acceptors (Lipinski definition) is 5. The number of hydrogen-bond donors (Lipinski definition) is 1. The number of amides is 1. The van der Waals surface area contributed by atoms with Crippen molar-refractivity contribution in [3.63, 3.8) is 0 Å². The number of carboxylic acids is 1. The van der Waals surface area contributed by atoms with E-state index in [1.54, 1.807) is 48.4 Å². The molecule has 1 aliphatic heterocycles. The highest BCUT2D eigenvalue weighted by atomic mass is 19.1. The van der Waals surface area contributed by atoms with Gasteiger partial charge in [0.15, 0.2) is 0 Å². The fraction of sp³-hybridized carbons (Fsp3) is 0.342. The first-order valence-electron chi connectivity index (χ1n) is 15.7. The summed E-state index contributed by atoms with van der Waals surface area (Å²) in [7, 11) is 1.58. The molecule has 240 valence electrons. The van der Waals surface area contributed by atoms with Crippen molar-refractivity contribution >= 4 is 17.6 Å². The second-order valence-corrected chi connectivity index (χ2v) is 12.9. The van der Waals surface area contributed by atoms with Crippen LogP contribution < -0.4 is 9.64 Å². The van der Waals surface area contributed by atoms with Gasteiger partial charge in [0.2, 0.25) is 0 Å². The van der Waals surface area contributed by atoms with Gasteiger partial charge in [-0.2, -0.15) is 0 Å². The third-order valence-electron chi connectivity index (χ3n) is 8.94. The molecule has 0 bridgehead atoms. The van der Waals surface area contributed by atoms with Crippen LogP contribution in [0.1, 0.15) is 65.1 Å². The van der Waals surface area contributed by atoms with E-state index >= 15 is 0 Å². The Morgan fingerprint density at radius 3 is 2.00 bits per heavy atom. The Labute approximate surface area is 270 Å². The Morgan fingerprint density at radius 2 is 1.46 bits per heavy atom. The summed E-state index contributed by atoms with van der Waals surface area (Å²) in [5.74, 6) is -0.690. The van der Waals surface area contributed by atoms with Gasteiger partial charge in [-0.3, -0.25) is 14.6 Å². The number of benzene rings is 3. The molecule has 1 saturated heterocycles. The van der Waals surface area contributed by atoms with E-state index in [-0.39, 0.29) is 23.6 Å². The molecule has 0 radical (unpaired) electrons. The monoisotopic (exact) mass is 623 g/mol. The molecule has 8 heteroatoms. The minimum atomic E-state index is -0.878. The molecular formula is C38H42FN3O4. The Bertz CT molecular complexity index is 1690. The lowest BCUT2D eigenvalue weighted by Crippen LogP contribution is -2.38. The van der Waals surface area contributed by atoms with Gasteiger partial charge in [-0.25, -0.2) is 4.39 Å². The zero-order chi connectivity index (χ0) is 33.0. The summed E-state index contributed by atoms with van der Waals surface area (Å²) >= 11 is 0. The number of aliphatic carboxylic acids is 1. The summed E-state index contributed by atoms with van der Waals surface area (Å²) in [5.41, 5.74) is 7.74. The fourth-order valence-electron chi connectivity index (χ4n) is 6.18. The number of aryl methyl sites for hydroxylation is 2. The van der Waals surface area contributed by atoms with Gasteiger partial charge in [0, 0.05) is 54.3 Å². The van der Waals surface area contributed by atoms with Gasteiger partial charge >= 0.3 is 5.97 Å². The number of nitrogens with zero attached hydrogens (tertiary/aromatic N) is 3. The molecular weight excluding hydrogens is 581 g/mol. The van der Waals surface area contributed by atoms with Gasteiger partial charge in [-0.1, -0.05) is 50.2 Å². The van der Waals surface area contributed by atoms with Gasteiger partial charge in [0.25, 0.3) is 5.91 Å². The largest absolute Gasteiger partial charge is 0.497 e. The van der Waals surface area contributed by atoms with Gasteiger partial charge in [-0.15, -0.1) is 0 Å². The molecule has 3 aromatic carbocycles. The quantitative estimate of drug-likeness (QED) is 0.196.